The molecule has 1 saturated heterocycles. The highest BCUT2D eigenvalue weighted by atomic mass is 16.3. The first-order valence-electron chi connectivity index (χ1n) is 7.50. The Balaban J connectivity index is 1.94. The first-order chi connectivity index (χ1) is 9.22. The number of phenols is 2. The quantitative estimate of drug-likeness (QED) is 0.804. The molecule has 3 rings (SSSR count). The molecule has 1 aromatic rings. The Labute approximate surface area is 114 Å². The molecule has 1 heterocycles. The lowest BCUT2D eigenvalue weighted by Crippen LogP contribution is -2.46. The monoisotopic (exact) mass is 261 g/mol. The zero-order chi connectivity index (χ0) is 13.4. The van der Waals surface area contributed by atoms with Gasteiger partial charge in [-0.25, -0.2) is 0 Å². The molecule has 1 aromatic carbocycles. The van der Waals surface area contributed by atoms with Crippen LogP contribution in [0, 0.1) is 0 Å². The predicted molar refractivity (Wildman–Crippen MR) is 75.7 cm³/mol. The minimum Gasteiger partial charge on any atom is -0.504 e. The lowest BCUT2D eigenvalue weighted by Gasteiger charge is -2.45. The number of phenolic OH excluding ortho intramolecular Hbond substituents is 2. The Morgan fingerprint density at radius 1 is 1.26 bits per heavy atom. The van der Waals surface area contributed by atoms with Crippen molar-refractivity contribution in [2.45, 2.75) is 51.0 Å². The lowest BCUT2D eigenvalue weighted by molar-refractivity contribution is 0.112. The Hall–Kier alpha value is -1.22. The highest BCUT2D eigenvalue weighted by Crippen LogP contribution is 2.45. The second-order valence-electron chi connectivity index (χ2n) is 5.89. The molecule has 104 valence electrons. The van der Waals surface area contributed by atoms with Crippen LogP contribution in [0.2, 0.25) is 0 Å². The van der Waals surface area contributed by atoms with Gasteiger partial charge >= 0.3 is 0 Å². The van der Waals surface area contributed by atoms with E-state index < -0.39 is 0 Å². The van der Waals surface area contributed by atoms with E-state index in [1.54, 1.807) is 6.07 Å². The third-order valence-corrected chi connectivity index (χ3v) is 4.79. The van der Waals surface area contributed by atoms with Crippen LogP contribution in [0.3, 0.4) is 0 Å². The van der Waals surface area contributed by atoms with E-state index in [-0.39, 0.29) is 11.5 Å². The summed E-state index contributed by atoms with van der Waals surface area (Å²) in [5.41, 5.74) is 2.26. The summed E-state index contributed by atoms with van der Waals surface area (Å²) < 4.78 is 0. The van der Waals surface area contributed by atoms with E-state index in [0.717, 1.165) is 18.4 Å². The van der Waals surface area contributed by atoms with Gasteiger partial charge in [0, 0.05) is 11.6 Å². The molecule has 1 fully saturated rings. The molecule has 2 atom stereocenters. The molecular formula is C16H23NO2. The predicted octanol–water partition coefficient (Wildman–Crippen LogP) is 3.00. The largest absolute Gasteiger partial charge is 0.504 e. The third-order valence-electron chi connectivity index (χ3n) is 4.79. The van der Waals surface area contributed by atoms with Crippen LogP contribution in [0.1, 0.15) is 49.7 Å². The van der Waals surface area contributed by atoms with Crippen LogP contribution in [0.4, 0.5) is 0 Å². The van der Waals surface area contributed by atoms with Gasteiger partial charge in [0.05, 0.1) is 0 Å². The van der Waals surface area contributed by atoms with Crippen LogP contribution in [0.25, 0.3) is 0 Å². The number of hydrogen-bond donors (Lipinski definition) is 2. The SMILES string of the molecule is CCCN1CCC[C@H]2c3ccc(O)c(O)c3CCC21. The minimum absolute atomic E-state index is 0.0263. The van der Waals surface area contributed by atoms with Crippen molar-refractivity contribution in [3.8, 4) is 11.5 Å². The lowest BCUT2D eigenvalue weighted by atomic mass is 9.74. The summed E-state index contributed by atoms with van der Waals surface area (Å²) in [6.45, 7) is 4.64. The van der Waals surface area contributed by atoms with Crippen LogP contribution >= 0.6 is 0 Å². The van der Waals surface area contributed by atoms with E-state index in [0.29, 0.717) is 12.0 Å². The maximum Gasteiger partial charge on any atom is 0.160 e. The second-order valence-corrected chi connectivity index (χ2v) is 5.89. The number of fused-ring (bicyclic) bond motifs is 3. The minimum atomic E-state index is 0.0263. The molecule has 2 N–H and O–H groups in total. The molecule has 1 unspecified atom stereocenters. The van der Waals surface area contributed by atoms with Crippen molar-refractivity contribution >= 4 is 0 Å². The normalized spacial score (nSPS) is 26.8. The number of aromatic hydroxyl groups is 2. The number of benzene rings is 1. The van der Waals surface area contributed by atoms with Crippen molar-refractivity contribution in [3.63, 3.8) is 0 Å². The van der Waals surface area contributed by atoms with Crippen molar-refractivity contribution in [3.05, 3.63) is 23.3 Å². The Morgan fingerprint density at radius 3 is 2.89 bits per heavy atom. The standard InChI is InChI=1S/C16H23NO2/c1-2-9-17-10-3-4-12-11-6-8-15(18)16(19)13(11)5-7-14(12)17/h6,8,12,14,18-19H,2-5,7,9-10H2,1H3/t12-,14?/m0/s1. The van der Waals surface area contributed by atoms with Gasteiger partial charge in [-0.1, -0.05) is 13.0 Å². The topological polar surface area (TPSA) is 43.7 Å². The van der Waals surface area contributed by atoms with Crippen LogP contribution in [-0.4, -0.2) is 34.2 Å². The van der Waals surface area contributed by atoms with Crippen LogP contribution < -0.4 is 0 Å². The second kappa shape index (κ2) is 5.04. The summed E-state index contributed by atoms with van der Waals surface area (Å²) in [5, 5.41) is 19.7. The van der Waals surface area contributed by atoms with Gasteiger partial charge in [-0.2, -0.15) is 0 Å². The number of piperidine rings is 1. The molecule has 1 aliphatic heterocycles. The fourth-order valence-electron chi connectivity index (χ4n) is 3.98. The van der Waals surface area contributed by atoms with Gasteiger partial charge in [0.25, 0.3) is 0 Å². The summed E-state index contributed by atoms with van der Waals surface area (Å²) >= 11 is 0. The molecule has 2 aliphatic rings. The fourth-order valence-corrected chi connectivity index (χ4v) is 3.98. The number of hydrogen-bond acceptors (Lipinski definition) is 3. The van der Waals surface area contributed by atoms with E-state index in [4.69, 9.17) is 0 Å². The van der Waals surface area contributed by atoms with Gasteiger partial charge in [-0.15, -0.1) is 0 Å². The average molecular weight is 261 g/mol. The summed E-state index contributed by atoms with van der Waals surface area (Å²) in [4.78, 5) is 2.63. The molecule has 0 radical (unpaired) electrons. The maximum atomic E-state index is 10.0. The van der Waals surface area contributed by atoms with Gasteiger partial charge in [-0.05, 0) is 62.7 Å². The molecule has 0 saturated carbocycles. The molecule has 0 aromatic heterocycles. The Bertz CT molecular complexity index is 470. The summed E-state index contributed by atoms with van der Waals surface area (Å²) in [5.74, 6) is 0.678. The van der Waals surface area contributed by atoms with Crippen molar-refractivity contribution < 1.29 is 10.2 Å². The third kappa shape index (κ3) is 2.10. The van der Waals surface area contributed by atoms with E-state index in [2.05, 4.69) is 11.8 Å². The average Bonchev–Trinajstić information content (AvgIpc) is 2.43. The molecular weight excluding hydrogens is 238 g/mol. The first kappa shape index (κ1) is 12.8. The summed E-state index contributed by atoms with van der Waals surface area (Å²) in [6.07, 6.45) is 5.65. The van der Waals surface area contributed by atoms with Gasteiger partial charge in [0.1, 0.15) is 0 Å². The Kier molecular flexibility index (Phi) is 3.40. The number of rotatable bonds is 2. The molecule has 0 spiro atoms. The fraction of sp³-hybridized carbons (Fsp3) is 0.625. The van der Waals surface area contributed by atoms with Crippen LogP contribution in [0.15, 0.2) is 12.1 Å². The molecule has 0 amide bonds. The maximum absolute atomic E-state index is 10.0. The van der Waals surface area contributed by atoms with Crippen molar-refractivity contribution in [1.82, 2.24) is 4.90 Å². The van der Waals surface area contributed by atoms with E-state index in [1.807, 2.05) is 6.07 Å². The van der Waals surface area contributed by atoms with E-state index in [1.165, 1.54) is 37.9 Å². The first-order valence-corrected chi connectivity index (χ1v) is 7.50. The highest BCUT2D eigenvalue weighted by Gasteiger charge is 2.37. The van der Waals surface area contributed by atoms with Gasteiger partial charge in [0.2, 0.25) is 0 Å². The van der Waals surface area contributed by atoms with Gasteiger partial charge in [0.15, 0.2) is 11.5 Å². The number of likely N-dealkylation sites (tertiary alicyclic amines) is 1. The molecule has 0 bridgehead atoms. The van der Waals surface area contributed by atoms with E-state index >= 15 is 0 Å². The number of nitrogens with zero attached hydrogens (tertiary/aromatic N) is 1. The van der Waals surface area contributed by atoms with E-state index in [9.17, 15) is 10.2 Å². The zero-order valence-corrected chi connectivity index (χ0v) is 11.6. The van der Waals surface area contributed by atoms with Crippen LogP contribution in [0.5, 0.6) is 11.5 Å². The smallest absolute Gasteiger partial charge is 0.160 e. The molecule has 3 heteroatoms. The summed E-state index contributed by atoms with van der Waals surface area (Å²) in [6, 6.07) is 4.30. The van der Waals surface area contributed by atoms with Crippen molar-refractivity contribution in [1.29, 1.82) is 0 Å². The molecule has 19 heavy (non-hydrogen) atoms. The van der Waals surface area contributed by atoms with Crippen molar-refractivity contribution in [2.24, 2.45) is 0 Å². The summed E-state index contributed by atoms with van der Waals surface area (Å²) in [7, 11) is 0. The molecule has 3 nitrogen and oxygen atoms in total. The van der Waals surface area contributed by atoms with Gasteiger partial charge < -0.3 is 10.2 Å². The zero-order valence-electron chi connectivity index (χ0n) is 11.6. The highest BCUT2D eigenvalue weighted by molar-refractivity contribution is 5.51. The van der Waals surface area contributed by atoms with Crippen LogP contribution in [-0.2, 0) is 6.42 Å². The molecule has 1 aliphatic carbocycles. The van der Waals surface area contributed by atoms with Crippen molar-refractivity contribution in [2.75, 3.05) is 13.1 Å². The Morgan fingerprint density at radius 2 is 2.11 bits per heavy atom. The van der Waals surface area contributed by atoms with Gasteiger partial charge in [-0.3, -0.25) is 4.90 Å².